The first-order chi connectivity index (χ1) is 9.60. The summed E-state index contributed by atoms with van der Waals surface area (Å²) in [7, 11) is 0. The smallest absolute Gasteiger partial charge is 0.216 e. The molecule has 0 amide bonds. The summed E-state index contributed by atoms with van der Waals surface area (Å²) in [6, 6.07) is 0. The van der Waals surface area contributed by atoms with Gasteiger partial charge in [-0.1, -0.05) is 18.2 Å². The van der Waals surface area contributed by atoms with Gasteiger partial charge in [0.1, 0.15) is 5.41 Å². The van der Waals surface area contributed by atoms with E-state index >= 15 is 0 Å². The second-order valence-electron chi connectivity index (χ2n) is 4.40. The molecule has 0 spiro atoms. The fraction of sp³-hybridized carbons (Fsp3) is 0.571. The van der Waals surface area contributed by atoms with Gasteiger partial charge in [-0.15, -0.1) is 19.7 Å². The molecule has 6 heteroatoms. The Bertz CT molecular complexity index is 281. The number of ether oxygens (including phenoxy) is 3. The van der Waals surface area contributed by atoms with Gasteiger partial charge in [0.2, 0.25) is 6.54 Å². The van der Waals surface area contributed by atoms with Crippen molar-refractivity contribution in [2.75, 3.05) is 46.2 Å². The van der Waals surface area contributed by atoms with E-state index in [1.165, 1.54) is 0 Å². The zero-order valence-corrected chi connectivity index (χ0v) is 11.8. The van der Waals surface area contributed by atoms with Gasteiger partial charge in [-0.25, -0.2) is 0 Å². The maximum atomic E-state index is 10.9. The summed E-state index contributed by atoms with van der Waals surface area (Å²) in [6.07, 6.45) is 4.77. The number of rotatable bonds is 14. The number of nitrogens with zero attached hydrogens (tertiary/aromatic N) is 1. The number of hydrogen-bond acceptors (Lipinski definition) is 5. The quantitative estimate of drug-likeness (QED) is 0.211. The lowest BCUT2D eigenvalue weighted by molar-refractivity contribution is -0.501. The van der Waals surface area contributed by atoms with Crippen LogP contribution in [0.5, 0.6) is 0 Å². The second kappa shape index (κ2) is 11.3. The molecule has 0 saturated heterocycles. The Labute approximate surface area is 119 Å². The predicted octanol–water partition coefficient (Wildman–Crippen LogP) is 1.86. The van der Waals surface area contributed by atoms with Crippen LogP contribution in [0.15, 0.2) is 38.0 Å². The van der Waals surface area contributed by atoms with E-state index in [0.717, 1.165) is 0 Å². The van der Waals surface area contributed by atoms with Crippen molar-refractivity contribution >= 4 is 0 Å². The molecule has 20 heavy (non-hydrogen) atoms. The first-order valence-corrected chi connectivity index (χ1v) is 6.28. The molecule has 0 aromatic carbocycles. The standard InChI is InChI=1S/C14H23NO5/c1-4-7-18-11-14(10-15(16)17,12-19-8-5-2)13-20-9-6-3/h4-6H,1-3,7-13H2. The zero-order chi connectivity index (χ0) is 15.3. The average molecular weight is 285 g/mol. The number of nitro groups is 1. The Hall–Kier alpha value is -1.50. The predicted molar refractivity (Wildman–Crippen MR) is 77.3 cm³/mol. The molecule has 0 N–H and O–H groups in total. The van der Waals surface area contributed by atoms with Crippen molar-refractivity contribution in [1.29, 1.82) is 0 Å². The monoisotopic (exact) mass is 285 g/mol. The van der Waals surface area contributed by atoms with E-state index in [1.54, 1.807) is 18.2 Å². The van der Waals surface area contributed by atoms with Crippen LogP contribution in [0.2, 0.25) is 0 Å². The van der Waals surface area contributed by atoms with Gasteiger partial charge in [0.25, 0.3) is 0 Å². The van der Waals surface area contributed by atoms with Crippen molar-refractivity contribution < 1.29 is 19.1 Å². The third kappa shape index (κ3) is 8.58. The fourth-order valence-corrected chi connectivity index (χ4v) is 1.61. The van der Waals surface area contributed by atoms with Gasteiger partial charge in [0.05, 0.1) is 39.6 Å². The lowest BCUT2D eigenvalue weighted by atomic mass is 9.91. The third-order valence-corrected chi connectivity index (χ3v) is 2.40. The van der Waals surface area contributed by atoms with Crippen molar-refractivity contribution in [3.8, 4) is 0 Å². The molecule has 0 saturated carbocycles. The Balaban J connectivity index is 4.72. The molecule has 0 aromatic heterocycles. The molecule has 0 aliphatic heterocycles. The Kier molecular flexibility index (Phi) is 10.5. The molecule has 0 aliphatic carbocycles. The van der Waals surface area contributed by atoms with E-state index in [-0.39, 0.29) is 31.3 Å². The SMILES string of the molecule is C=CCOCC(COCC=C)(COCC=C)C[N+](=O)[O-]. The maximum Gasteiger partial charge on any atom is 0.216 e. The molecule has 0 heterocycles. The first-order valence-electron chi connectivity index (χ1n) is 6.28. The Morgan fingerprint density at radius 2 is 1.25 bits per heavy atom. The average Bonchev–Trinajstić information content (AvgIpc) is 2.39. The second-order valence-corrected chi connectivity index (χ2v) is 4.40. The minimum absolute atomic E-state index is 0.161. The highest BCUT2D eigenvalue weighted by atomic mass is 16.6. The first kappa shape index (κ1) is 18.5. The van der Waals surface area contributed by atoms with Crippen LogP contribution in [0, 0.1) is 15.5 Å². The molecule has 0 unspecified atom stereocenters. The minimum Gasteiger partial charge on any atom is -0.376 e. The van der Waals surface area contributed by atoms with Gasteiger partial charge in [0.15, 0.2) is 0 Å². The highest BCUT2D eigenvalue weighted by Crippen LogP contribution is 2.20. The van der Waals surface area contributed by atoms with E-state index in [2.05, 4.69) is 19.7 Å². The normalized spacial score (nSPS) is 11.0. The van der Waals surface area contributed by atoms with Gasteiger partial charge < -0.3 is 14.2 Å². The van der Waals surface area contributed by atoms with Crippen molar-refractivity contribution in [2.24, 2.45) is 5.41 Å². The molecule has 0 bridgehead atoms. The molecule has 0 aromatic rings. The zero-order valence-electron chi connectivity index (χ0n) is 11.8. The molecule has 6 nitrogen and oxygen atoms in total. The summed E-state index contributed by atoms with van der Waals surface area (Å²) in [5.41, 5.74) is -0.835. The minimum atomic E-state index is -0.835. The molecule has 114 valence electrons. The van der Waals surface area contributed by atoms with E-state index in [4.69, 9.17) is 14.2 Å². The van der Waals surface area contributed by atoms with Crippen LogP contribution in [0.3, 0.4) is 0 Å². The van der Waals surface area contributed by atoms with E-state index in [1.807, 2.05) is 0 Å². The lowest BCUT2D eigenvalue weighted by Crippen LogP contribution is -2.43. The topological polar surface area (TPSA) is 70.8 Å². The van der Waals surface area contributed by atoms with Crippen molar-refractivity contribution in [2.45, 2.75) is 0 Å². The van der Waals surface area contributed by atoms with Gasteiger partial charge in [0, 0.05) is 4.92 Å². The van der Waals surface area contributed by atoms with Gasteiger partial charge in [-0.2, -0.15) is 0 Å². The summed E-state index contributed by atoms with van der Waals surface area (Å²) < 4.78 is 16.1. The fourth-order valence-electron chi connectivity index (χ4n) is 1.61. The van der Waals surface area contributed by atoms with Crippen LogP contribution in [0.4, 0.5) is 0 Å². The van der Waals surface area contributed by atoms with Crippen molar-refractivity contribution in [3.63, 3.8) is 0 Å². The lowest BCUT2D eigenvalue weighted by Gasteiger charge is -2.28. The summed E-state index contributed by atoms with van der Waals surface area (Å²) in [5, 5.41) is 10.9. The van der Waals surface area contributed by atoms with Crippen LogP contribution in [0.1, 0.15) is 0 Å². The third-order valence-electron chi connectivity index (χ3n) is 2.40. The molecule has 0 rings (SSSR count). The highest BCUT2D eigenvalue weighted by Gasteiger charge is 2.37. The Morgan fingerprint density at radius 1 is 0.900 bits per heavy atom. The molecule has 0 radical (unpaired) electrons. The highest BCUT2D eigenvalue weighted by molar-refractivity contribution is 4.81. The number of hydrogen-bond donors (Lipinski definition) is 0. The Morgan fingerprint density at radius 3 is 1.50 bits per heavy atom. The molecular formula is C14H23NO5. The van der Waals surface area contributed by atoms with Crippen LogP contribution in [-0.4, -0.2) is 51.1 Å². The summed E-state index contributed by atoms with van der Waals surface area (Å²) in [6.45, 7) is 11.8. The van der Waals surface area contributed by atoms with Gasteiger partial charge in [-0.3, -0.25) is 10.1 Å². The molecule has 0 fully saturated rings. The van der Waals surface area contributed by atoms with Gasteiger partial charge in [-0.05, 0) is 0 Å². The summed E-state index contributed by atoms with van der Waals surface area (Å²) in [4.78, 5) is 10.5. The maximum absolute atomic E-state index is 10.9. The van der Waals surface area contributed by atoms with Crippen LogP contribution in [0.25, 0.3) is 0 Å². The summed E-state index contributed by atoms with van der Waals surface area (Å²) in [5.74, 6) is 0. The van der Waals surface area contributed by atoms with Crippen LogP contribution < -0.4 is 0 Å². The summed E-state index contributed by atoms with van der Waals surface area (Å²) >= 11 is 0. The largest absolute Gasteiger partial charge is 0.376 e. The molecular weight excluding hydrogens is 262 g/mol. The van der Waals surface area contributed by atoms with E-state index < -0.39 is 5.41 Å². The molecule has 0 aliphatic rings. The van der Waals surface area contributed by atoms with E-state index in [0.29, 0.717) is 19.8 Å². The van der Waals surface area contributed by atoms with Crippen molar-refractivity contribution in [1.82, 2.24) is 0 Å². The van der Waals surface area contributed by atoms with Gasteiger partial charge >= 0.3 is 0 Å². The van der Waals surface area contributed by atoms with Crippen LogP contribution in [-0.2, 0) is 14.2 Å². The van der Waals surface area contributed by atoms with Crippen molar-refractivity contribution in [3.05, 3.63) is 48.1 Å². The van der Waals surface area contributed by atoms with Crippen LogP contribution >= 0.6 is 0 Å². The molecule has 0 atom stereocenters. The van der Waals surface area contributed by atoms with E-state index in [9.17, 15) is 10.1 Å².